The quantitative estimate of drug-likeness (QED) is 0.498. The molecular weight excluding hydrogens is 396 g/mol. The Labute approximate surface area is 164 Å². The fourth-order valence-electron chi connectivity index (χ4n) is 3.45. The Bertz CT molecular complexity index is 619. The van der Waals surface area contributed by atoms with Gasteiger partial charge in [0.25, 0.3) is 0 Å². The van der Waals surface area contributed by atoms with Crippen molar-refractivity contribution >= 4 is 27.6 Å². The number of aliphatic imine (C=N–C) groups is 1. The number of benzene rings is 1. The van der Waals surface area contributed by atoms with E-state index in [9.17, 15) is 5.11 Å². The van der Waals surface area contributed by atoms with Crippen LogP contribution in [0.1, 0.15) is 26.2 Å². The van der Waals surface area contributed by atoms with Gasteiger partial charge in [0.15, 0.2) is 5.96 Å². The summed E-state index contributed by atoms with van der Waals surface area (Å²) in [6, 6.07) is 8.67. The van der Waals surface area contributed by atoms with Crippen molar-refractivity contribution in [1.82, 2.24) is 10.6 Å². The molecule has 26 heavy (non-hydrogen) atoms. The van der Waals surface area contributed by atoms with Gasteiger partial charge >= 0.3 is 0 Å². The zero-order valence-electron chi connectivity index (χ0n) is 15.4. The first-order valence-corrected chi connectivity index (χ1v) is 10.2. The third-order valence-corrected chi connectivity index (χ3v) is 5.69. The molecular formula is C19H29BrN4O2. The van der Waals surface area contributed by atoms with Crippen molar-refractivity contribution in [2.45, 2.75) is 37.8 Å². The standard InChI is InChI=1S/C19H29BrN4O2/c1-2-21-18(22-14-19(25)8-11-26-12-9-19)23-15-7-10-24(13-15)17-6-4-3-5-16(17)20/h3-6,15,25H,2,7-14H2,1H3,(H2,21,22,23). The number of para-hydroxylation sites is 1. The van der Waals surface area contributed by atoms with E-state index in [0.29, 0.717) is 38.6 Å². The SMILES string of the molecule is CCNC(=NCC1(O)CCOCC1)NC1CCN(c2ccccc2Br)C1. The van der Waals surface area contributed by atoms with E-state index in [-0.39, 0.29) is 0 Å². The Kier molecular flexibility index (Phi) is 6.78. The molecule has 6 nitrogen and oxygen atoms in total. The Morgan fingerprint density at radius 3 is 2.88 bits per heavy atom. The van der Waals surface area contributed by atoms with Gasteiger partial charge in [-0.2, -0.15) is 0 Å². The van der Waals surface area contributed by atoms with Gasteiger partial charge in [-0.3, -0.25) is 4.99 Å². The summed E-state index contributed by atoms with van der Waals surface area (Å²) in [7, 11) is 0. The lowest BCUT2D eigenvalue weighted by atomic mass is 9.95. The Morgan fingerprint density at radius 2 is 2.15 bits per heavy atom. The maximum atomic E-state index is 10.6. The lowest BCUT2D eigenvalue weighted by molar-refractivity contribution is -0.0566. The van der Waals surface area contributed by atoms with Crippen molar-refractivity contribution in [3.8, 4) is 0 Å². The number of nitrogens with zero attached hydrogens (tertiary/aromatic N) is 2. The van der Waals surface area contributed by atoms with Crippen LogP contribution >= 0.6 is 15.9 Å². The number of rotatable bonds is 5. The van der Waals surface area contributed by atoms with Gasteiger partial charge in [0.2, 0.25) is 0 Å². The number of guanidine groups is 1. The predicted molar refractivity (Wildman–Crippen MR) is 109 cm³/mol. The minimum absolute atomic E-state index is 0.337. The Balaban J connectivity index is 1.58. The summed E-state index contributed by atoms with van der Waals surface area (Å²) < 4.78 is 6.47. The second-order valence-corrected chi connectivity index (χ2v) is 7.91. The van der Waals surface area contributed by atoms with Gasteiger partial charge in [-0.15, -0.1) is 0 Å². The van der Waals surface area contributed by atoms with Crippen LogP contribution in [-0.4, -0.2) is 62.1 Å². The highest BCUT2D eigenvalue weighted by Crippen LogP contribution is 2.28. The van der Waals surface area contributed by atoms with Crippen molar-refractivity contribution in [2.24, 2.45) is 4.99 Å². The van der Waals surface area contributed by atoms with Gasteiger partial charge in [-0.25, -0.2) is 0 Å². The summed E-state index contributed by atoms with van der Waals surface area (Å²) in [5, 5.41) is 17.4. The van der Waals surface area contributed by atoms with Crippen LogP contribution in [0.3, 0.4) is 0 Å². The minimum atomic E-state index is -0.739. The first-order chi connectivity index (χ1) is 12.6. The Morgan fingerprint density at radius 1 is 1.38 bits per heavy atom. The summed E-state index contributed by atoms with van der Waals surface area (Å²) in [6.07, 6.45) is 2.36. The van der Waals surface area contributed by atoms with E-state index in [0.717, 1.165) is 36.5 Å². The van der Waals surface area contributed by atoms with Gasteiger partial charge in [0, 0.05) is 56.2 Å². The average Bonchev–Trinajstić information content (AvgIpc) is 3.09. The van der Waals surface area contributed by atoms with Crippen LogP contribution in [0.4, 0.5) is 5.69 Å². The number of hydrogen-bond donors (Lipinski definition) is 3. The van der Waals surface area contributed by atoms with Crippen LogP contribution in [0.25, 0.3) is 0 Å². The lowest BCUT2D eigenvalue weighted by Crippen LogP contribution is -2.46. The number of aliphatic hydroxyl groups is 1. The monoisotopic (exact) mass is 424 g/mol. The van der Waals surface area contributed by atoms with Crippen LogP contribution in [0.15, 0.2) is 33.7 Å². The summed E-state index contributed by atoms with van der Waals surface area (Å²) in [5.74, 6) is 0.784. The summed E-state index contributed by atoms with van der Waals surface area (Å²) in [4.78, 5) is 7.04. The third kappa shape index (κ3) is 5.11. The molecule has 0 spiro atoms. The second-order valence-electron chi connectivity index (χ2n) is 7.06. The molecule has 1 atom stereocenters. The molecule has 2 aliphatic rings. The normalized spacial score (nSPS) is 23.1. The van der Waals surface area contributed by atoms with Crippen molar-refractivity contribution in [3.63, 3.8) is 0 Å². The molecule has 2 fully saturated rings. The van der Waals surface area contributed by atoms with Gasteiger partial charge in [-0.1, -0.05) is 12.1 Å². The van der Waals surface area contributed by atoms with Crippen LogP contribution in [0.5, 0.6) is 0 Å². The van der Waals surface area contributed by atoms with Gasteiger partial charge < -0.3 is 25.4 Å². The molecule has 144 valence electrons. The van der Waals surface area contributed by atoms with Crippen molar-refractivity contribution < 1.29 is 9.84 Å². The topological polar surface area (TPSA) is 69.1 Å². The number of nitrogens with one attached hydrogen (secondary N) is 2. The van der Waals surface area contributed by atoms with E-state index in [1.807, 2.05) is 6.07 Å². The molecule has 0 saturated carbocycles. The molecule has 1 aromatic rings. The molecule has 2 heterocycles. The van der Waals surface area contributed by atoms with E-state index in [1.165, 1.54) is 5.69 Å². The zero-order chi connectivity index (χ0) is 18.4. The molecule has 0 bridgehead atoms. The second kappa shape index (κ2) is 9.06. The Hall–Kier alpha value is -1.31. The molecule has 7 heteroatoms. The molecule has 0 radical (unpaired) electrons. The van der Waals surface area contributed by atoms with Gasteiger partial charge in [0.05, 0.1) is 17.8 Å². The van der Waals surface area contributed by atoms with E-state index in [1.54, 1.807) is 0 Å². The van der Waals surface area contributed by atoms with E-state index in [2.05, 4.69) is 61.6 Å². The first kappa shape index (κ1) is 19.5. The smallest absolute Gasteiger partial charge is 0.191 e. The van der Waals surface area contributed by atoms with Gasteiger partial charge in [-0.05, 0) is 41.4 Å². The molecule has 0 aliphatic carbocycles. The van der Waals surface area contributed by atoms with Crippen LogP contribution in [0.2, 0.25) is 0 Å². The molecule has 1 unspecified atom stereocenters. The summed E-state index contributed by atoms with van der Waals surface area (Å²) in [6.45, 7) is 6.44. The van der Waals surface area contributed by atoms with Crippen LogP contribution < -0.4 is 15.5 Å². The molecule has 0 amide bonds. The molecule has 2 aliphatic heterocycles. The van der Waals surface area contributed by atoms with Crippen molar-refractivity contribution in [1.29, 1.82) is 0 Å². The molecule has 1 aromatic carbocycles. The maximum absolute atomic E-state index is 10.6. The predicted octanol–water partition coefficient (Wildman–Crippen LogP) is 2.12. The minimum Gasteiger partial charge on any atom is -0.388 e. The number of anilines is 1. The lowest BCUT2D eigenvalue weighted by Gasteiger charge is -2.30. The number of ether oxygens (including phenoxy) is 1. The average molecular weight is 425 g/mol. The highest BCUT2D eigenvalue weighted by Gasteiger charge is 2.30. The number of hydrogen-bond acceptors (Lipinski definition) is 4. The highest BCUT2D eigenvalue weighted by atomic mass is 79.9. The summed E-state index contributed by atoms with van der Waals surface area (Å²) >= 11 is 3.64. The first-order valence-electron chi connectivity index (χ1n) is 9.44. The molecule has 3 N–H and O–H groups in total. The van der Waals surface area contributed by atoms with Crippen LogP contribution in [-0.2, 0) is 4.74 Å². The third-order valence-electron chi connectivity index (χ3n) is 5.02. The van der Waals surface area contributed by atoms with E-state index < -0.39 is 5.60 Å². The van der Waals surface area contributed by atoms with Gasteiger partial charge in [0.1, 0.15) is 0 Å². The van der Waals surface area contributed by atoms with E-state index in [4.69, 9.17) is 4.74 Å². The molecule has 3 rings (SSSR count). The fraction of sp³-hybridized carbons (Fsp3) is 0.632. The largest absolute Gasteiger partial charge is 0.388 e. The van der Waals surface area contributed by atoms with E-state index >= 15 is 0 Å². The maximum Gasteiger partial charge on any atom is 0.191 e. The van der Waals surface area contributed by atoms with Crippen molar-refractivity contribution in [3.05, 3.63) is 28.7 Å². The van der Waals surface area contributed by atoms with Crippen molar-refractivity contribution in [2.75, 3.05) is 44.3 Å². The molecule has 2 saturated heterocycles. The zero-order valence-corrected chi connectivity index (χ0v) is 17.0. The number of halogens is 1. The fourth-order valence-corrected chi connectivity index (χ4v) is 3.99. The van der Waals surface area contributed by atoms with Crippen LogP contribution in [0, 0.1) is 0 Å². The molecule has 0 aromatic heterocycles. The summed E-state index contributed by atoms with van der Waals surface area (Å²) in [5.41, 5.74) is 0.493. The highest BCUT2D eigenvalue weighted by molar-refractivity contribution is 9.10.